The summed E-state index contributed by atoms with van der Waals surface area (Å²) in [5.41, 5.74) is 0. The summed E-state index contributed by atoms with van der Waals surface area (Å²) in [4.78, 5) is 22.1. The van der Waals surface area contributed by atoms with E-state index in [2.05, 4.69) is 0 Å². The highest BCUT2D eigenvalue weighted by molar-refractivity contribution is 5.85. The van der Waals surface area contributed by atoms with Crippen LogP contribution in [0.1, 0.15) is 0 Å². The Morgan fingerprint density at radius 1 is 0.821 bits per heavy atom. The van der Waals surface area contributed by atoms with E-state index in [1.807, 2.05) is 0 Å². The van der Waals surface area contributed by atoms with Crippen molar-refractivity contribution in [2.24, 2.45) is 0 Å². The third kappa shape index (κ3) is 10.5. The number of methoxy groups -OCH3 is 4. The summed E-state index contributed by atoms with van der Waals surface area (Å²) in [6.45, 7) is -1.70. The molecule has 0 amide bonds. The van der Waals surface area contributed by atoms with E-state index in [0.717, 1.165) is 0 Å². The maximum absolute atomic E-state index is 11.6. The van der Waals surface area contributed by atoms with Gasteiger partial charge in [0.1, 0.15) is 49.8 Å². The van der Waals surface area contributed by atoms with Crippen molar-refractivity contribution in [1.82, 2.24) is 0 Å². The standard InChI is InChI=1S/C10H20O6.C6H12O6/c1-13-5-7(11)9(15-3)10(16-4)8(12)6-14-2;7-1-3(9)5(11)6(12)4(10)2-8/h7,9-11H,5-6H2,1-4H3;3,5-9,11-12H,1-2H2/t7-,9-,10-;3-,5-,6-/m11/s1. The van der Waals surface area contributed by atoms with Crippen LogP contribution in [0, 0.1) is 0 Å². The minimum atomic E-state index is -1.86. The van der Waals surface area contributed by atoms with Crippen LogP contribution in [-0.4, -0.2) is 134 Å². The molecule has 0 aliphatic heterocycles. The number of Topliss-reactive ketones (excluding diaryl/α,β-unsaturated/α-hetero) is 2. The molecule has 6 N–H and O–H groups in total. The Bertz CT molecular complexity index is 418. The van der Waals surface area contributed by atoms with Crippen molar-refractivity contribution < 1.29 is 59.2 Å². The van der Waals surface area contributed by atoms with E-state index in [9.17, 15) is 14.7 Å². The van der Waals surface area contributed by atoms with Gasteiger partial charge in [0.05, 0.1) is 13.2 Å². The van der Waals surface area contributed by atoms with Gasteiger partial charge in [0.2, 0.25) is 0 Å². The van der Waals surface area contributed by atoms with Crippen LogP contribution in [0.15, 0.2) is 0 Å². The highest BCUT2D eigenvalue weighted by Crippen LogP contribution is 2.10. The molecule has 0 fully saturated rings. The van der Waals surface area contributed by atoms with Crippen molar-refractivity contribution >= 4 is 11.6 Å². The third-order valence-corrected chi connectivity index (χ3v) is 3.54. The summed E-state index contributed by atoms with van der Waals surface area (Å²) in [5.74, 6) is -1.29. The Morgan fingerprint density at radius 3 is 1.75 bits per heavy atom. The Morgan fingerprint density at radius 2 is 1.39 bits per heavy atom. The second-order valence-corrected chi connectivity index (χ2v) is 5.59. The van der Waals surface area contributed by atoms with Crippen molar-refractivity contribution in [3.8, 4) is 0 Å². The van der Waals surface area contributed by atoms with Crippen LogP contribution in [0.25, 0.3) is 0 Å². The molecule has 0 rings (SSSR count). The summed E-state index contributed by atoms with van der Waals surface area (Å²) >= 11 is 0. The van der Waals surface area contributed by atoms with E-state index in [1.165, 1.54) is 28.4 Å². The topological polar surface area (TPSA) is 192 Å². The van der Waals surface area contributed by atoms with Crippen molar-refractivity contribution in [2.75, 3.05) is 54.9 Å². The summed E-state index contributed by atoms with van der Waals surface area (Å²) in [5, 5.41) is 52.8. The lowest BCUT2D eigenvalue weighted by Gasteiger charge is -2.27. The Balaban J connectivity index is 0. The largest absolute Gasteiger partial charge is 0.394 e. The molecule has 0 bridgehead atoms. The first-order valence-corrected chi connectivity index (χ1v) is 8.19. The van der Waals surface area contributed by atoms with Crippen LogP contribution in [0.3, 0.4) is 0 Å². The van der Waals surface area contributed by atoms with Gasteiger partial charge < -0.3 is 49.6 Å². The molecule has 0 unspecified atom stereocenters. The number of rotatable bonds is 14. The van der Waals surface area contributed by atoms with E-state index in [1.54, 1.807) is 0 Å². The molecule has 12 heteroatoms. The zero-order valence-electron chi connectivity index (χ0n) is 16.4. The quantitative estimate of drug-likeness (QED) is 0.160. The van der Waals surface area contributed by atoms with Crippen molar-refractivity contribution in [3.05, 3.63) is 0 Å². The summed E-state index contributed by atoms with van der Waals surface area (Å²) < 4.78 is 19.6. The van der Waals surface area contributed by atoms with Gasteiger partial charge in [-0.3, -0.25) is 9.59 Å². The van der Waals surface area contributed by atoms with E-state index < -0.39 is 55.6 Å². The first-order chi connectivity index (χ1) is 13.2. The first-order valence-electron chi connectivity index (χ1n) is 8.19. The molecule has 0 aromatic carbocycles. The fourth-order valence-electron chi connectivity index (χ4n) is 2.02. The SMILES string of the molecule is COCC(=O)[C@@H](OC)[C@H](OC)[C@H](O)COC.O=C(CO)[C@@H](O)[C@H](O)[C@H](O)CO. The lowest BCUT2D eigenvalue weighted by Crippen LogP contribution is -2.47. The van der Waals surface area contributed by atoms with Gasteiger partial charge in [-0.1, -0.05) is 0 Å². The number of carbonyl (C=O) groups is 2. The van der Waals surface area contributed by atoms with Gasteiger partial charge in [-0.05, 0) is 0 Å². The fraction of sp³-hybridized carbons (Fsp3) is 0.875. The van der Waals surface area contributed by atoms with E-state index in [-0.39, 0.29) is 19.0 Å². The molecule has 0 aliphatic rings. The predicted molar refractivity (Wildman–Crippen MR) is 93.6 cm³/mol. The van der Waals surface area contributed by atoms with Crippen LogP contribution in [-0.2, 0) is 28.5 Å². The van der Waals surface area contributed by atoms with E-state index in [4.69, 9.17) is 44.5 Å². The Labute approximate surface area is 163 Å². The second kappa shape index (κ2) is 16.9. The minimum Gasteiger partial charge on any atom is -0.394 e. The molecule has 0 aromatic heterocycles. The number of hydrogen-bond donors (Lipinski definition) is 6. The molecule has 0 saturated heterocycles. The maximum atomic E-state index is 11.6. The van der Waals surface area contributed by atoms with E-state index >= 15 is 0 Å². The molecule has 168 valence electrons. The van der Waals surface area contributed by atoms with Crippen molar-refractivity contribution in [1.29, 1.82) is 0 Å². The lowest BCUT2D eigenvalue weighted by molar-refractivity contribution is -0.152. The van der Waals surface area contributed by atoms with Gasteiger partial charge >= 0.3 is 0 Å². The third-order valence-electron chi connectivity index (χ3n) is 3.54. The zero-order valence-corrected chi connectivity index (χ0v) is 16.4. The minimum absolute atomic E-state index is 0.0681. The van der Waals surface area contributed by atoms with Crippen LogP contribution < -0.4 is 0 Å². The number of aliphatic hydroxyl groups excluding tert-OH is 6. The van der Waals surface area contributed by atoms with Gasteiger partial charge in [-0.25, -0.2) is 0 Å². The molecular formula is C16H32O12. The average Bonchev–Trinajstić information content (AvgIpc) is 2.69. The van der Waals surface area contributed by atoms with Crippen LogP contribution in [0.2, 0.25) is 0 Å². The van der Waals surface area contributed by atoms with Crippen LogP contribution in [0.5, 0.6) is 0 Å². The Kier molecular flexibility index (Phi) is 17.5. The number of hydrogen-bond acceptors (Lipinski definition) is 12. The lowest BCUT2D eigenvalue weighted by atomic mass is 10.0. The van der Waals surface area contributed by atoms with Gasteiger partial charge in [-0.15, -0.1) is 0 Å². The van der Waals surface area contributed by atoms with Gasteiger partial charge in [0.25, 0.3) is 0 Å². The van der Waals surface area contributed by atoms with Crippen molar-refractivity contribution in [3.63, 3.8) is 0 Å². The first kappa shape index (κ1) is 29.1. The average molecular weight is 416 g/mol. The molecule has 0 spiro atoms. The highest BCUT2D eigenvalue weighted by Gasteiger charge is 2.33. The Hall–Kier alpha value is -1.06. The molecular weight excluding hydrogens is 384 g/mol. The molecule has 0 radical (unpaired) electrons. The maximum Gasteiger partial charge on any atom is 0.189 e. The fourth-order valence-corrected chi connectivity index (χ4v) is 2.02. The van der Waals surface area contributed by atoms with Crippen molar-refractivity contribution in [2.45, 2.75) is 36.6 Å². The molecule has 28 heavy (non-hydrogen) atoms. The molecule has 0 aliphatic carbocycles. The zero-order chi connectivity index (χ0) is 22.3. The van der Waals surface area contributed by atoms with Crippen LogP contribution in [0.4, 0.5) is 0 Å². The molecule has 0 aromatic rings. The smallest absolute Gasteiger partial charge is 0.189 e. The molecule has 0 heterocycles. The summed E-state index contributed by atoms with van der Waals surface area (Å²) in [6, 6.07) is 0. The van der Waals surface area contributed by atoms with Crippen LogP contribution >= 0.6 is 0 Å². The molecule has 0 saturated carbocycles. The summed E-state index contributed by atoms with van der Waals surface area (Å²) in [6.07, 6.45) is -7.79. The van der Waals surface area contributed by atoms with Gasteiger partial charge in [0.15, 0.2) is 11.6 Å². The number of carbonyl (C=O) groups excluding carboxylic acids is 2. The number of ketones is 2. The molecule has 6 atom stereocenters. The summed E-state index contributed by atoms with van der Waals surface area (Å²) in [7, 11) is 5.64. The van der Waals surface area contributed by atoms with Gasteiger partial charge in [-0.2, -0.15) is 0 Å². The van der Waals surface area contributed by atoms with E-state index in [0.29, 0.717) is 0 Å². The normalized spacial score (nSPS) is 17.5. The second-order valence-electron chi connectivity index (χ2n) is 5.59. The van der Waals surface area contributed by atoms with Gasteiger partial charge in [0, 0.05) is 28.4 Å². The monoisotopic (exact) mass is 416 g/mol. The predicted octanol–water partition coefficient (Wildman–Crippen LogP) is -4.14. The highest BCUT2D eigenvalue weighted by atomic mass is 16.5. The number of aliphatic hydroxyl groups is 6. The molecule has 12 nitrogen and oxygen atoms in total. The number of ether oxygens (including phenoxy) is 4.